The minimum absolute atomic E-state index is 0.124. The molecule has 2 fully saturated rings. The molecule has 0 aromatic heterocycles. The van der Waals surface area contributed by atoms with Crippen molar-refractivity contribution in [3.8, 4) is 0 Å². The lowest BCUT2D eigenvalue weighted by Gasteiger charge is -2.14. The number of carbonyl (C=O) groups excluding carboxylic acids is 1. The van der Waals surface area contributed by atoms with Crippen LogP contribution in [0.5, 0.6) is 0 Å². The highest BCUT2D eigenvalue weighted by Gasteiger charge is 2.59. The Kier molecular flexibility index (Phi) is 3.45. The average molecular weight is 270 g/mol. The van der Waals surface area contributed by atoms with Crippen LogP contribution in [0.2, 0.25) is 0 Å². The number of hydrogen-bond donors (Lipinski definition) is 0. The van der Waals surface area contributed by atoms with Crippen molar-refractivity contribution in [2.24, 2.45) is 0 Å². The van der Waals surface area contributed by atoms with Gasteiger partial charge in [0.2, 0.25) is 0 Å². The number of rotatable bonds is 6. The largest absolute Gasteiger partial charge is 0.453 e. The van der Waals surface area contributed by atoms with Crippen molar-refractivity contribution in [3.05, 3.63) is 54.1 Å². The van der Waals surface area contributed by atoms with Crippen LogP contribution in [0.15, 0.2) is 48.6 Å². The Morgan fingerprint density at radius 3 is 2.70 bits per heavy atom. The maximum atomic E-state index is 12.0. The van der Waals surface area contributed by atoms with Gasteiger partial charge >= 0.3 is 5.97 Å². The molecule has 3 nitrogen and oxygen atoms in total. The van der Waals surface area contributed by atoms with E-state index in [0.717, 1.165) is 18.4 Å². The molecule has 0 radical (unpaired) electrons. The number of hydrogen-bond acceptors (Lipinski definition) is 3. The van der Waals surface area contributed by atoms with E-state index >= 15 is 0 Å². The molecule has 1 unspecified atom stereocenters. The lowest BCUT2D eigenvalue weighted by atomic mass is 10.1. The first-order chi connectivity index (χ1) is 9.70. The number of esters is 1. The summed E-state index contributed by atoms with van der Waals surface area (Å²) in [6.07, 6.45) is 6.38. The smallest absolute Gasteiger partial charge is 0.334 e. The van der Waals surface area contributed by atoms with Crippen molar-refractivity contribution in [3.63, 3.8) is 0 Å². The van der Waals surface area contributed by atoms with Crippen LogP contribution in [0.25, 0.3) is 6.08 Å². The summed E-state index contributed by atoms with van der Waals surface area (Å²) in [5.74, 6) is -0.296. The highest BCUT2D eigenvalue weighted by Crippen LogP contribution is 2.48. The van der Waals surface area contributed by atoms with Gasteiger partial charge in [-0.3, -0.25) is 0 Å². The molecule has 0 N–H and O–H groups in total. The van der Waals surface area contributed by atoms with E-state index in [-0.39, 0.29) is 17.7 Å². The Labute approximate surface area is 118 Å². The van der Waals surface area contributed by atoms with Crippen LogP contribution in [0.4, 0.5) is 0 Å². The molecule has 1 saturated heterocycles. The van der Waals surface area contributed by atoms with Crippen LogP contribution in [0, 0.1) is 0 Å². The summed E-state index contributed by atoms with van der Waals surface area (Å²) in [4.78, 5) is 12.0. The third kappa shape index (κ3) is 2.99. The summed E-state index contributed by atoms with van der Waals surface area (Å²) in [5, 5.41) is 0. The standard InChI is InChI=1S/C17H18O3/c1-13(6-5-9-14-7-3-2-4-8-14)16(18)20-17(10-11-17)15-12-19-15/h2-5,7-9,15H,1,6,10-12H2. The normalized spacial score (nSPS) is 22.5. The van der Waals surface area contributed by atoms with Crippen LogP contribution >= 0.6 is 0 Å². The molecule has 1 aromatic carbocycles. The topological polar surface area (TPSA) is 38.8 Å². The molecule has 3 heteroatoms. The van der Waals surface area contributed by atoms with E-state index in [9.17, 15) is 4.79 Å². The highest BCUT2D eigenvalue weighted by atomic mass is 16.6. The quantitative estimate of drug-likeness (QED) is 0.453. The van der Waals surface area contributed by atoms with Crippen molar-refractivity contribution in [1.82, 2.24) is 0 Å². The summed E-state index contributed by atoms with van der Waals surface area (Å²) in [6.45, 7) is 4.53. The minimum Gasteiger partial charge on any atom is -0.453 e. The van der Waals surface area contributed by atoms with Crippen LogP contribution in [0.3, 0.4) is 0 Å². The van der Waals surface area contributed by atoms with E-state index in [2.05, 4.69) is 6.58 Å². The summed E-state index contributed by atoms with van der Waals surface area (Å²) in [7, 11) is 0. The van der Waals surface area contributed by atoms with Gasteiger partial charge in [0, 0.05) is 5.57 Å². The van der Waals surface area contributed by atoms with Gasteiger partial charge in [-0.2, -0.15) is 0 Å². The molecule has 1 heterocycles. The van der Waals surface area contributed by atoms with Crippen molar-refractivity contribution in [1.29, 1.82) is 0 Å². The first kappa shape index (κ1) is 13.1. The van der Waals surface area contributed by atoms with Crippen LogP contribution < -0.4 is 0 Å². The zero-order chi connectivity index (χ0) is 14.0. The zero-order valence-corrected chi connectivity index (χ0v) is 11.4. The molecule has 1 aromatic rings. The van der Waals surface area contributed by atoms with E-state index in [0.29, 0.717) is 18.6 Å². The molecule has 20 heavy (non-hydrogen) atoms. The first-order valence-corrected chi connectivity index (χ1v) is 6.94. The third-order valence-electron chi connectivity index (χ3n) is 3.72. The SMILES string of the molecule is C=C(CC=Cc1ccccc1)C(=O)OC1(C2CO2)CC1. The van der Waals surface area contributed by atoms with Crippen molar-refractivity contribution < 1.29 is 14.3 Å². The third-order valence-corrected chi connectivity index (χ3v) is 3.72. The predicted octanol–water partition coefficient (Wildman–Crippen LogP) is 3.12. The van der Waals surface area contributed by atoms with E-state index in [4.69, 9.17) is 9.47 Å². The number of ether oxygens (including phenoxy) is 2. The average Bonchev–Trinajstić information content (AvgIpc) is 3.33. The number of allylic oxidation sites excluding steroid dienone is 1. The summed E-state index contributed by atoms with van der Waals surface area (Å²) in [6, 6.07) is 9.97. The minimum atomic E-state index is -0.330. The molecule has 0 bridgehead atoms. The Morgan fingerprint density at radius 2 is 2.10 bits per heavy atom. The van der Waals surface area contributed by atoms with Crippen LogP contribution in [-0.4, -0.2) is 24.3 Å². The zero-order valence-electron chi connectivity index (χ0n) is 11.4. The molecule has 1 atom stereocenters. The number of carbonyl (C=O) groups is 1. The molecular weight excluding hydrogens is 252 g/mol. The van der Waals surface area contributed by atoms with E-state index in [1.165, 1.54) is 0 Å². The molecule has 0 amide bonds. The van der Waals surface area contributed by atoms with E-state index < -0.39 is 0 Å². The predicted molar refractivity (Wildman–Crippen MR) is 77.0 cm³/mol. The molecule has 3 rings (SSSR count). The molecule has 1 aliphatic carbocycles. The Balaban J connectivity index is 1.49. The van der Waals surface area contributed by atoms with Gasteiger partial charge in [-0.25, -0.2) is 4.79 Å². The summed E-state index contributed by atoms with van der Waals surface area (Å²) >= 11 is 0. The second-order valence-electron chi connectivity index (χ2n) is 5.40. The monoisotopic (exact) mass is 270 g/mol. The molecule has 2 aliphatic rings. The van der Waals surface area contributed by atoms with Crippen molar-refractivity contribution in [2.75, 3.05) is 6.61 Å². The lowest BCUT2D eigenvalue weighted by Crippen LogP contribution is -2.26. The van der Waals surface area contributed by atoms with E-state index in [1.807, 2.05) is 42.5 Å². The molecule has 104 valence electrons. The fourth-order valence-electron chi connectivity index (χ4n) is 2.21. The maximum absolute atomic E-state index is 12.0. The van der Waals surface area contributed by atoms with Crippen molar-refractivity contribution >= 4 is 12.0 Å². The fraction of sp³-hybridized carbons (Fsp3) is 0.353. The lowest BCUT2D eigenvalue weighted by molar-refractivity contribution is -0.147. The number of epoxide rings is 1. The second-order valence-corrected chi connectivity index (χ2v) is 5.40. The van der Waals surface area contributed by atoms with E-state index in [1.54, 1.807) is 0 Å². The fourth-order valence-corrected chi connectivity index (χ4v) is 2.21. The molecule has 1 saturated carbocycles. The first-order valence-electron chi connectivity index (χ1n) is 6.94. The number of benzene rings is 1. The van der Waals surface area contributed by atoms with Gasteiger partial charge in [0.15, 0.2) is 0 Å². The van der Waals surface area contributed by atoms with Gasteiger partial charge in [0.25, 0.3) is 0 Å². The van der Waals surface area contributed by atoms with Gasteiger partial charge < -0.3 is 9.47 Å². The van der Waals surface area contributed by atoms with Crippen LogP contribution in [-0.2, 0) is 14.3 Å². The maximum Gasteiger partial charge on any atom is 0.334 e. The van der Waals surface area contributed by atoms with Gasteiger partial charge in [0.05, 0.1) is 6.61 Å². The van der Waals surface area contributed by atoms with Crippen molar-refractivity contribution in [2.45, 2.75) is 31.0 Å². The Bertz CT molecular complexity index is 537. The highest BCUT2D eigenvalue weighted by molar-refractivity contribution is 5.88. The van der Waals surface area contributed by atoms with Gasteiger partial charge in [0.1, 0.15) is 11.7 Å². The van der Waals surface area contributed by atoms with Gasteiger partial charge in [-0.05, 0) is 24.8 Å². The Morgan fingerprint density at radius 1 is 1.40 bits per heavy atom. The second kappa shape index (κ2) is 5.25. The Hall–Kier alpha value is -1.87. The summed E-state index contributed by atoms with van der Waals surface area (Å²) in [5.41, 5.74) is 1.27. The van der Waals surface area contributed by atoms with Gasteiger partial charge in [-0.1, -0.05) is 49.1 Å². The molecular formula is C17H18O3. The molecule has 1 aliphatic heterocycles. The molecule has 0 spiro atoms. The summed E-state index contributed by atoms with van der Waals surface area (Å²) < 4.78 is 10.8. The van der Waals surface area contributed by atoms with Crippen LogP contribution in [0.1, 0.15) is 24.8 Å². The van der Waals surface area contributed by atoms with Gasteiger partial charge in [-0.15, -0.1) is 0 Å².